The number of carbonyl (C=O) groups excluding carboxylic acids is 1. The summed E-state index contributed by atoms with van der Waals surface area (Å²) in [5.41, 5.74) is 0. The molecule has 0 saturated heterocycles. The van der Waals surface area contributed by atoms with Gasteiger partial charge in [-0.15, -0.1) is 0 Å². The molecule has 0 aliphatic rings. The summed E-state index contributed by atoms with van der Waals surface area (Å²) in [6, 6.07) is -1.15. The Labute approximate surface area is 323 Å². The molecule has 0 radical (unpaired) electrons. The predicted octanol–water partition coefficient (Wildman–Crippen LogP) is 12.3. The van der Waals surface area contributed by atoms with Crippen LogP contribution < -0.4 is 5.32 Å². The first-order valence-corrected chi connectivity index (χ1v) is 24.1. The number of hydrogen-bond acceptors (Lipinski definition) is 5. The van der Waals surface area contributed by atoms with E-state index in [1.165, 1.54) is 154 Å². The first-order valence-electron chi connectivity index (χ1n) is 22.5. The molecule has 0 fully saturated rings. The minimum Gasteiger partial charge on any atom is -0.391 e. The number of allylic oxidation sites excluding steroid dienone is 2. The van der Waals surface area contributed by atoms with Crippen molar-refractivity contribution in [1.82, 2.24) is 5.32 Å². The molecular weight excluding hydrogens is 671 g/mol. The molecule has 0 aliphatic heterocycles. The Morgan fingerprint density at radius 2 is 0.808 bits per heavy atom. The monoisotopic (exact) mass is 758 g/mol. The molecule has 0 bridgehead atoms. The van der Waals surface area contributed by atoms with Crippen LogP contribution in [0.15, 0.2) is 12.2 Å². The Hall–Kier alpha value is -0.960. The third-order valence-electron chi connectivity index (χ3n) is 10.6. The van der Waals surface area contributed by atoms with Crippen molar-refractivity contribution in [3.63, 3.8) is 0 Å². The van der Waals surface area contributed by atoms with E-state index in [0.29, 0.717) is 19.3 Å². The van der Waals surface area contributed by atoms with Crippen LogP contribution in [-0.4, -0.2) is 53.1 Å². The first kappa shape index (κ1) is 51.0. The Balaban J connectivity index is 3.89. The zero-order valence-electron chi connectivity index (χ0n) is 34.3. The van der Waals surface area contributed by atoms with Crippen LogP contribution in [-0.2, 0) is 14.9 Å². The Kier molecular flexibility index (Phi) is 37.6. The smallest absolute Gasteiger partial charge is 0.266 e. The van der Waals surface area contributed by atoms with Crippen molar-refractivity contribution < 1.29 is 28.0 Å². The molecule has 52 heavy (non-hydrogen) atoms. The lowest BCUT2D eigenvalue weighted by Gasteiger charge is -2.24. The van der Waals surface area contributed by atoms with Crippen LogP contribution in [0.5, 0.6) is 0 Å². The van der Waals surface area contributed by atoms with Crippen molar-refractivity contribution in [3.8, 4) is 0 Å². The van der Waals surface area contributed by atoms with Crippen LogP contribution in [0, 0.1) is 0 Å². The lowest BCUT2D eigenvalue weighted by Crippen LogP contribution is -2.50. The molecule has 8 heteroatoms. The predicted molar refractivity (Wildman–Crippen MR) is 222 cm³/mol. The van der Waals surface area contributed by atoms with Gasteiger partial charge in [0.15, 0.2) is 0 Å². The molecule has 4 N–H and O–H groups in total. The average Bonchev–Trinajstić information content (AvgIpc) is 3.11. The van der Waals surface area contributed by atoms with Gasteiger partial charge in [0.25, 0.3) is 10.1 Å². The third-order valence-corrected chi connectivity index (χ3v) is 11.4. The fraction of sp³-hybridized carbons (Fsp3) is 0.932. The van der Waals surface area contributed by atoms with Gasteiger partial charge in [0.05, 0.1) is 17.9 Å². The Morgan fingerprint density at radius 1 is 0.500 bits per heavy atom. The number of unbranched alkanes of at least 4 members (excludes halogenated alkanes) is 30. The minimum atomic E-state index is -4.41. The zero-order chi connectivity index (χ0) is 38.4. The molecule has 310 valence electrons. The fourth-order valence-electron chi connectivity index (χ4n) is 7.10. The molecule has 3 unspecified atom stereocenters. The largest absolute Gasteiger partial charge is 0.391 e. The maximum absolute atomic E-state index is 12.6. The highest BCUT2D eigenvalue weighted by atomic mass is 32.2. The fourth-order valence-corrected chi connectivity index (χ4v) is 7.86. The highest BCUT2D eigenvalue weighted by Crippen LogP contribution is 2.17. The number of hydrogen-bond donors (Lipinski definition) is 4. The molecule has 7 nitrogen and oxygen atoms in total. The van der Waals surface area contributed by atoms with E-state index in [-0.39, 0.29) is 0 Å². The van der Waals surface area contributed by atoms with E-state index in [4.69, 9.17) is 0 Å². The van der Waals surface area contributed by atoms with E-state index in [9.17, 15) is 28.0 Å². The summed E-state index contributed by atoms with van der Waals surface area (Å²) < 4.78 is 32.6. The molecule has 3 atom stereocenters. The van der Waals surface area contributed by atoms with E-state index < -0.39 is 40.0 Å². The molecule has 0 aromatic heterocycles. The lowest BCUT2D eigenvalue weighted by atomic mass is 10.0. The Morgan fingerprint density at radius 3 is 1.17 bits per heavy atom. The number of rotatable bonds is 41. The van der Waals surface area contributed by atoms with Gasteiger partial charge in [0, 0.05) is 0 Å². The number of aliphatic hydroxyl groups excluding tert-OH is 2. The summed E-state index contributed by atoms with van der Waals surface area (Å²) in [7, 11) is -4.41. The van der Waals surface area contributed by atoms with Gasteiger partial charge in [-0.1, -0.05) is 212 Å². The molecule has 0 saturated carbocycles. The molecule has 0 rings (SSSR count). The topological polar surface area (TPSA) is 124 Å². The van der Waals surface area contributed by atoms with Crippen LogP contribution in [0.25, 0.3) is 0 Å². The molecule has 0 aromatic rings. The molecule has 1 amide bonds. The lowest BCUT2D eigenvalue weighted by molar-refractivity contribution is -0.131. The Bertz CT molecular complexity index is 895. The summed E-state index contributed by atoms with van der Waals surface area (Å²) >= 11 is 0. The maximum Gasteiger partial charge on any atom is 0.266 e. The molecule has 0 heterocycles. The molecule has 0 aliphatic carbocycles. The van der Waals surface area contributed by atoms with Crippen molar-refractivity contribution in [2.75, 3.05) is 5.75 Å². The minimum absolute atomic E-state index is 0.292. The summed E-state index contributed by atoms with van der Waals surface area (Å²) in [5, 5.41) is 23.6. The standard InChI is InChI=1S/C44H87NO6S/c1-3-5-7-9-11-13-15-17-19-20-21-22-23-24-25-27-28-30-32-34-36-38-42(46)41(40-52(49,50)51)45-44(48)43(47)39-37-35-33-31-29-26-18-16-14-12-10-8-6-4-2/h14,16,41-43,46-47H,3-13,15,17-40H2,1-2H3,(H,45,48)(H,49,50,51)/b16-14-. The van der Waals surface area contributed by atoms with E-state index in [0.717, 1.165) is 51.4 Å². The average molecular weight is 758 g/mol. The number of nitrogens with one attached hydrogen (secondary N) is 1. The van der Waals surface area contributed by atoms with Crippen LogP contribution in [0.1, 0.15) is 239 Å². The highest BCUT2D eigenvalue weighted by Gasteiger charge is 2.28. The summed E-state index contributed by atoms with van der Waals surface area (Å²) in [4.78, 5) is 12.6. The highest BCUT2D eigenvalue weighted by molar-refractivity contribution is 7.85. The second-order valence-corrected chi connectivity index (χ2v) is 17.3. The second kappa shape index (κ2) is 38.3. The number of amides is 1. The van der Waals surface area contributed by atoms with E-state index in [1.54, 1.807) is 0 Å². The van der Waals surface area contributed by atoms with Gasteiger partial charge in [-0.25, -0.2) is 0 Å². The van der Waals surface area contributed by atoms with Crippen molar-refractivity contribution in [1.29, 1.82) is 0 Å². The third kappa shape index (κ3) is 37.4. The van der Waals surface area contributed by atoms with Gasteiger partial charge < -0.3 is 15.5 Å². The molecular formula is C44H87NO6S. The van der Waals surface area contributed by atoms with Gasteiger partial charge >= 0.3 is 0 Å². The zero-order valence-corrected chi connectivity index (χ0v) is 35.1. The quantitative estimate of drug-likeness (QED) is 0.0280. The van der Waals surface area contributed by atoms with E-state index in [2.05, 4.69) is 31.3 Å². The SMILES string of the molecule is CCCCCC/C=C\CCCCCCCCC(O)C(=O)NC(CS(=O)(=O)O)C(O)CCCCCCCCCCCCCCCCCCCCCCC. The van der Waals surface area contributed by atoms with Crippen molar-refractivity contribution in [2.45, 2.75) is 257 Å². The van der Waals surface area contributed by atoms with Gasteiger partial charge in [-0.05, 0) is 38.5 Å². The number of carbonyl (C=O) groups is 1. The van der Waals surface area contributed by atoms with Gasteiger partial charge in [-0.2, -0.15) is 8.42 Å². The summed E-state index contributed by atoms with van der Waals surface area (Å²) in [5.74, 6) is -1.45. The van der Waals surface area contributed by atoms with E-state index >= 15 is 0 Å². The van der Waals surface area contributed by atoms with Crippen LogP contribution in [0.3, 0.4) is 0 Å². The van der Waals surface area contributed by atoms with Gasteiger partial charge in [0.2, 0.25) is 5.91 Å². The molecule has 0 aromatic carbocycles. The van der Waals surface area contributed by atoms with Crippen LogP contribution >= 0.6 is 0 Å². The van der Waals surface area contributed by atoms with Crippen molar-refractivity contribution in [2.24, 2.45) is 0 Å². The normalized spacial score (nSPS) is 13.9. The first-order chi connectivity index (χ1) is 25.2. The molecule has 0 spiro atoms. The van der Waals surface area contributed by atoms with Crippen molar-refractivity contribution >= 4 is 16.0 Å². The maximum atomic E-state index is 12.6. The van der Waals surface area contributed by atoms with Crippen LogP contribution in [0.4, 0.5) is 0 Å². The van der Waals surface area contributed by atoms with Gasteiger partial charge in [0.1, 0.15) is 6.10 Å². The second-order valence-electron chi connectivity index (χ2n) is 15.8. The summed E-state index contributed by atoms with van der Waals surface area (Å²) in [6.45, 7) is 4.51. The van der Waals surface area contributed by atoms with Crippen LogP contribution in [0.2, 0.25) is 0 Å². The van der Waals surface area contributed by atoms with Gasteiger partial charge in [-0.3, -0.25) is 9.35 Å². The summed E-state index contributed by atoms with van der Waals surface area (Å²) in [6.07, 6.45) is 43.7. The van der Waals surface area contributed by atoms with Crippen molar-refractivity contribution in [3.05, 3.63) is 12.2 Å². The van der Waals surface area contributed by atoms with E-state index in [1.807, 2.05) is 0 Å². The number of aliphatic hydroxyl groups is 2.